The normalized spacial score (nSPS) is 17.8. The number of hydrogen-bond donors (Lipinski definition) is 1. The van der Waals surface area contributed by atoms with Gasteiger partial charge in [-0.05, 0) is 68.0 Å². The first kappa shape index (κ1) is 26.9. The Hall–Kier alpha value is -1.38. The maximum Gasteiger partial charge on any atom is 0.238 e. The van der Waals surface area contributed by atoms with Crippen LogP contribution in [0.1, 0.15) is 51.0 Å². The van der Waals surface area contributed by atoms with Crippen LogP contribution in [0.15, 0.2) is 41.4 Å². The standard InChI is InChI=1S/C23H32N4O2S.2ClH/c1-17(2)26-11-13-27(14-12-26)23-10-7-19(16-25-23)21-9-8-20(30(24,28)29)15-22(21)18-5-3-4-6-18;;/h7-10,15-18H,3-6,11-14H2,1-2H3,(H2,24,28,29);2*1H. The molecule has 0 amide bonds. The van der Waals surface area contributed by atoms with Crippen molar-refractivity contribution in [3.05, 3.63) is 42.1 Å². The second-order valence-corrected chi connectivity index (χ2v) is 10.4. The molecule has 178 valence electrons. The van der Waals surface area contributed by atoms with E-state index in [1.807, 2.05) is 12.3 Å². The summed E-state index contributed by atoms with van der Waals surface area (Å²) in [5.41, 5.74) is 3.18. The predicted molar refractivity (Wildman–Crippen MR) is 136 cm³/mol. The molecule has 0 atom stereocenters. The molecule has 4 rings (SSSR count). The van der Waals surface area contributed by atoms with E-state index in [-0.39, 0.29) is 29.7 Å². The number of rotatable bonds is 5. The number of benzene rings is 1. The molecule has 2 aromatic rings. The van der Waals surface area contributed by atoms with Crippen LogP contribution in [0.4, 0.5) is 5.82 Å². The van der Waals surface area contributed by atoms with E-state index in [4.69, 9.17) is 10.1 Å². The first-order valence-electron chi connectivity index (χ1n) is 10.9. The Balaban J connectivity index is 0.00000181. The van der Waals surface area contributed by atoms with Gasteiger partial charge < -0.3 is 4.90 Å². The fourth-order valence-electron chi connectivity index (χ4n) is 4.76. The van der Waals surface area contributed by atoms with E-state index < -0.39 is 10.0 Å². The Morgan fingerprint density at radius 1 is 1.00 bits per heavy atom. The lowest BCUT2D eigenvalue weighted by Gasteiger charge is -2.37. The number of anilines is 1. The molecule has 0 spiro atoms. The molecule has 2 fully saturated rings. The zero-order chi connectivity index (χ0) is 21.3. The third-order valence-electron chi connectivity index (χ3n) is 6.57. The van der Waals surface area contributed by atoms with E-state index in [0.717, 1.165) is 61.5 Å². The van der Waals surface area contributed by atoms with Crippen molar-refractivity contribution in [1.29, 1.82) is 0 Å². The van der Waals surface area contributed by atoms with Gasteiger partial charge in [-0.1, -0.05) is 18.9 Å². The lowest BCUT2D eigenvalue weighted by molar-refractivity contribution is 0.209. The number of sulfonamides is 1. The maximum absolute atomic E-state index is 11.9. The quantitative estimate of drug-likeness (QED) is 0.656. The summed E-state index contributed by atoms with van der Waals surface area (Å²) < 4.78 is 23.8. The van der Waals surface area contributed by atoms with Crippen LogP contribution in [-0.4, -0.2) is 50.5 Å². The molecule has 2 aliphatic rings. The minimum absolute atomic E-state index is 0. The van der Waals surface area contributed by atoms with Crippen LogP contribution < -0.4 is 10.0 Å². The summed E-state index contributed by atoms with van der Waals surface area (Å²) in [5, 5.41) is 5.39. The molecule has 1 aliphatic carbocycles. The van der Waals surface area contributed by atoms with Gasteiger partial charge in [-0.2, -0.15) is 0 Å². The third kappa shape index (κ3) is 5.94. The number of primary sulfonamides is 1. The summed E-state index contributed by atoms with van der Waals surface area (Å²) in [6, 6.07) is 10.1. The minimum Gasteiger partial charge on any atom is -0.354 e. The van der Waals surface area contributed by atoms with Crippen molar-refractivity contribution < 1.29 is 8.42 Å². The number of pyridine rings is 1. The van der Waals surface area contributed by atoms with Gasteiger partial charge in [0.05, 0.1) is 4.90 Å². The number of hydrogen-bond acceptors (Lipinski definition) is 5. The van der Waals surface area contributed by atoms with E-state index in [1.165, 1.54) is 12.8 Å². The number of halogens is 2. The van der Waals surface area contributed by atoms with Crippen LogP contribution in [0.2, 0.25) is 0 Å². The molecular weight excluding hydrogens is 467 g/mol. The Labute approximate surface area is 204 Å². The van der Waals surface area contributed by atoms with Gasteiger partial charge in [-0.3, -0.25) is 4.90 Å². The van der Waals surface area contributed by atoms with Gasteiger partial charge in [0.15, 0.2) is 0 Å². The van der Waals surface area contributed by atoms with Crippen molar-refractivity contribution >= 4 is 40.7 Å². The summed E-state index contributed by atoms with van der Waals surface area (Å²) in [6.07, 6.45) is 6.47. The molecule has 2 heterocycles. The van der Waals surface area contributed by atoms with Crippen molar-refractivity contribution in [2.75, 3.05) is 31.1 Å². The van der Waals surface area contributed by atoms with Gasteiger partial charge in [0.1, 0.15) is 5.82 Å². The van der Waals surface area contributed by atoms with Crippen LogP contribution >= 0.6 is 24.8 Å². The monoisotopic (exact) mass is 500 g/mol. The summed E-state index contributed by atoms with van der Waals surface area (Å²) >= 11 is 0. The molecule has 1 saturated carbocycles. The highest BCUT2D eigenvalue weighted by molar-refractivity contribution is 7.89. The summed E-state index contributed by atoms with van der Waals surface area (Å²) in [7, 11) is -3.71. The first-order valence-corrected chi connectivity index (χ1v) is 12.5. The average Bonchev–Trinajstić information content (AvgIpc) is 3.28. The summed E-state index contributed by atoms with van der Waals surface area (Å²) in [6.45, 7) is 8.57. The lowest BCUT2D eigenvalue weighted by atomic mass is 9.90. The molecule has 1 aliphatic heterocycles. The largest absolute Gasteiger partial charge is 0.354 e. The van der Waals surface area contributed by atoms with Crippen molar-refractivity contribution in [1.82, 2.24) is 9.88 Å². The predicted octanol–water partition coefficient (Wildman–Crippen LogP) is 4.43. The van der Waals surface area contributed by atoms with E-state index >= 15 is 0 Å². The van der Waals surface area contributed by atoms with Gasteiger partial charge >= 0.3 is 0 Å². The van der Waals surface area contributed by atoms with Gasteiger partial charge in [0, 0.05) is 44.0 Å². The zero-order valence-corrected chi connectivity index (χ0v) is 21.2. The Kier molecular flexibility index (Phi) is 9.37. The molecule has 2 N–H and O–H groups in total. The number of aromatic nitrogens is 1. The van der Waals surface area contributed by atoms with Gasteiger partial charge in [0.25, 0.3) is 0 Å². The molecule has 1 aromatic carbocycles. The molecular formula is C23H34Cl2N4O2S. The second-order valence-electron chi connectivity index (χ2n) is 8.80. The van der Waals surface area contributed by atoms with Gasteiger partial charge in [0.2, 0.25) is 10.0 Å². The molecule has 1 saturated heterocycles. The number of nitrogens with two attached hydrogens (primary N) is 1. The highest BCUT2D eigenvalue weighted by atomic mass is 35.5. The average molecular weight is 502 g/mol. The van der Waals surface area contributed by atoms with Crippen molar-refractivity contribution in [2.24, 2.45) is 5.14 Å². The zero-order valence-electron chi connectivity index (χ0n) is 18.7. The van der Waals surface area contributed by atoms with Crippen LogP contribution in [0.5, 0.6) is 0 Å². The van der Waals surface area contributed by atoms with Crippen LogP contribution in [-0.2, 0) is 10.0 Å². The SMILES string of the molecule is CC(C)N1CCN(c2ccc(-c3ccc(S(N)(=O)=O)cc3C3CCCC3)cn2)CC1.Cl.Cl. The molecule has 32 heavy (non-hydrogen) atoms. The summed E-state index contributed by atoms with van der Waals surface area (Å²) in [5.74, 6) is 1.39. The van der Waals surface area contributed by atoms with Crippen LogP contribution in [0, 0.1) is 0 Å². The molecule has 9 heteroatoms. The molecule has 0 unspecified atom stereocenters. The second kappa shape index (κ2) is 11.2. The van der Waals surface area contributed by atoms with Crippen molar-refractivity contribution in [3.63, 3.8) is 0 Å². The fraction of sp³-hybridized carbons (Fsp3) is 0.522. The summed E-state index contributed by atoms with van der Waals surface area (Å²) in [4.78, 5) is 9.78. The third-order valence-corrected chi connectivity index (χ3v) is 7.48. The van der Waals surface area contributed by atoms with Crippen LogP contribution in [0.25, 0.3) is 11.1 Å². The van der Waals surface area contributed by atoms with Crippen molar-refractivity contribution in [2.45, 2.75) is 56.4 Å². The first-order chi connectivity index (χ1) is 14.3. The minimum atomic E-state index is -3.71. The lowest BCUT2D eigenvalue weighted by Crippen LogP contribution is -2.49. The van der Waals surface area contributed by atoms with Gasteiger partial charge in [-0.25, -0.2) is 18.5 Å². The Morgan fingerprint density at radius 3 is 2.19 bits per heavy atom. The topological polar surface area (TPSA) is 79.5 Å². The molecule has 0 radical (unpaired) electrons. The van der Waals surface area contributed by atoms with E-state index in [1.54, 1.807) is 12.1 Å². The van der Waals surface area contributed by atoms with E-state index in [2.05, 4.69) is 35.8 Å². The van der Waals surface area contributed by atoms with Gasteiger partial charge in [-0.15, -0.1) is 24.8 Å². The molecule has 6 nitrogen and oxygen atoms in total. The molecule has 1 aromatic heterocycles. The maximum atomic E-state index is 11.9. The fourth-order valence-corrected chi connectivity index (χ4v) is 5.30. The Bertz CT molecular complexity index is 986. The van der Waals surface area contributed by atoms with Crippen LogP contribution in [0.3, 0.4) is 0 Å². The van der Waals surface area contributed by atoms with Crippen molar-refractivity contribution in [3.8, 4) is 11.1 Å². The Morgan fingerprint density at radius 2 is 1.66 bits per heavy atom. The highest BCUT2D eigenvalue weighted by Gasteiger charge is 2.23. The van der Waals surface area contributed by atoms with E-state index in [0.29, 0.717) is 12.0 Å². The molecule has 0 bridgehead atoms. The smallest absolute Gasteiger partial charge is 0.238 e. The highest BCUT2D eigenvalue weighted by Crippen LogP contribution is 2.40. The van der Waals surface area contributed by atoms with E-state index in [9.17, 15) is 8.42 Å². The number of piperazine rings is 1. The number of nitrogens with zero attached hydrogens (tertiary/aromatic N) is 3.